The van der Waals surface area contributed by atoms with Crippen LogP contribution in [-0.4, -0.2) is 89.6 Å². The highest BCUT2D eigenvalue weighted by molar-refractivity contribution is 6.00. The second-order valence-electron chi connectivity index (χ2n) is 13.8. The standard InChI is InChI=1S/C37H39F3N6O2/c1-23(38)36(47)46-17-16-44(21-26(46)12-14-41)34-30-11-10-29(28-9-4-7-24-6-2-3-8-27(24)28)32(40)33(30)43-35(31(34)19-42)48-22-37-13-5-15-45(37)20-25(39)18-37/h4,7,9-11,25-26,30,33H,1-3,5-6,8,12-13,15-18,20-22H2/t25-,26+,30?,33?,37+/m1/s1. The first-order valence-corrected chi connectivity index (χ1v) is 17.0. The van der Waals surface area contributed by atoms with Crippen molar-refractivity contribution in [3.05, 3.63) is 76.5 Å². The van der Waals surface area contributed by atoms with Gasteiger partial charge in [0, 0.05) is 49.8 Å². The number of aliphatic imine (C=N–C) groups is 1. The summed E-state index contributed by atoms with van der Waals surface area (Å²) in [5, 5.41) is 20.2. The summed E-state index contributed by atoms with van der Waals surface area (Å²) in [6.07, 6.45) is 8.61. The fourth-order valence-electron chi connectivity index (χ4n) is 8.81. The second-order valence-corrected chi connectivity index (χ2v) is 13.8. The molecule has 7 rings (SSSR count). The van der Waals surface area contributed by atoms with Gasteiger partial charge in [0.15, 0.2) is 5.83 Å². The Morgan fingerprint density at radius 2 is 1.98 bits per heavy atom. The van der Waals surface area contributed by atoms with Crippen LogP contribution in [0.5, 0.6) is 0 Å². The number of nitriles is 2. The van der Waals surface area contributed by atoms with Crippen LogP contribution in [0.3, 0.4) is 0 Å². The Kier molecular flexibility index (Phi) is 8.68. The number of dihydropyridines is 1. The van der Waals surface area contributed by atoms with Crippen molar-refractivity contribution < 1.29 is 22.7 Å². The summed E-state index contributed by atoms with van der Waals surface area (Å²) >= 11 is 0. The molecule has 2 aliphatic carbocycles. The second kappa shape index (κ2) is 12.9. The number of aryl methyl sites for hydroxylation is 1. The summed E-state index contributed by atoms with van der Waals surface area (Å²) in [6, 6.07) is 8.69. The van der Waals surface area contributed by atoms with Gasteiger partial charge in [-0.05, 0) is 61.8 Å². The van der Waals surface area contributed by atoms with E-state index in [1.165, 1.54) is 10.5 Å². The van der Waals surface area contributed by atoms with Gasteiger partial charge in [-0.25, -0.2) is 18.2 Å². The van der Waals surface area contributed by atoms with Crippen LogP contribution in [-0.2, 0) is 22.4 Å². The van der Waals surface area contributed by atoms with E-state index in [-0.39, 0.29) is 44.1 Å². The van der Waals surface area contributed by atoms with E-state index in [9.17, 15) is 24.1 Å². The Balaban J connectivity index is 1.28. The molecule has 1 aromatic rings. The quantitative estimate of drug-likeness (QED) is 0.376. The molecular formula is C37H39F3N6O2. The molecule has 250 valence electrons. The number of fused-ring (bicyclic) bond motifs is 3. The van der Waals surface area contributed by atoms with Crippen molar-refractivity contribution in [2.45, 2.75) is 75.2 Å². The smallest absolute Gasteiger partial charge is 0.282 e. The third-order valence-corrected chi connectivity index (χ3v) is 11.0. The zero-order chi connectivity index (χ0) is 33.6. The Hall–Kier alpha value is -4.35. The van der Waals surface area contributed by atoms with Gasteiger partial charge in [-0.3, -0.25) is 9.69 Å². The first-order chi connectivity index (χ1) is 23.2. The van der Waals surface area contributed by atoms with Crippen LogP contribution in [0.1, 0.15) is 55.2 Å². The van der Waals surface area contributed by atoms with Gasteiger partial charge in [0.25, 0.3) is 5.91 Å². The molecule has 6 aliphatic rings. The fraction of sp³-hybridized carbons (Fsp3) is 0.514. The minimum absolute atomic E-state index is 0.0182. The van der Waals surface area contributed by atoms with Gasteiger partial charge in [-0.2, -0.15) is 10.5 Å². The van der Waals surface area contributed by atoms with Crippen LogP contribution in [0.4, 0.5) is 13.2 Å². The summed E-state index contributed by atoms with van der Waals surface area (Å²) in [5.74, 6) is -3.03. The van der Waals surface area contributed by atoms with E-state index >= 15 is 4.39 Å². The van der Waals surface area contributed by atoms with Gasteiger partial charge in [-0.1, -0.05) is 36.9 Å². The molecule has 8 nitrogen and oxygen atoms in total. The number of benzene rings is 1. The Bertz CT molecular complexity index is 1740. The molecule has 4 heterocycles. The Labute approximate surface area is 279 Å². The molecule has 0 N–H and O–H groups in total. The van der Waals surface area contributed by atoms with Crippen LogP contribution in [0.25, 0.3) is 5.57 Å². The van der Waals surface area contributed by atoms with E-state index in [4.69, 9.17) is 9.73 Å². The number of alkyl halides is 1. The molecule has 11 heteroatoms. The normalized spacial score (nSPS) is 29.9. The lowest BCUT2D eigenvalue weighted by Gasteiger charge is -2.45. The zero-order valence-electron chi connectivity index (χ0n) is 26.9. The molecule has 4 aliphatic heterocycles. The lowest BCUT2D eigenvalue weighted by molar-refractivity contribution is -0.133. The third kappa shape index (κ3) is 5.52. The number of nitrogens with zero attached hydrogens (tertiary/aromatic N) is 6. The Morgan fingerprint density at radius 1 is 1.15 bits per heavy atom. The van der Waals surface area contributed by atoms with E-state index in [0.717, 1.165) is 56.2 Å². The zero-order valence-corrected chi connectivity index (χ0v) is 26.9. The molecule has 0 saturated carbocycles. The molecular weight excluding hydrogens is 617 g/mol. The number of carbonyl (C=O) groups excluding carboxylic acids is 1. The van der Waals surface area contributed by atoms with Crippen LogP contribution < -0.4 is 0 Å². The van der Waals surface area contributed by atoms with Crippen molar-refractivity contribution in [3.8, 4) is 12.1 Å². The maximum atomic E-state index is 17.0. The largest absolute Gasteiger partial charge is 0.475 e. The van der Waals surface area contributed by atoms with Crippen molar-refractivity contribution >= 4 is 17.4 Å². The van der Waals surface area contributed by atoms with E-state index < -0.39 is 47.3 Å². The summed E-state index contributed by atoms with van der Waals surface area (Å²) in [7, 11) is 0. The van der Waals surface area contributed by atoms with Gasteiger partial charge < -0.3 is 14.5 Å². The number of allylic oxidation sites excluding steroid dienone is 2. The monoisotopic (exact) mass is 656 g/mol. The van der Waals surface area contributed by atoms with Crippen molar-refractivity contribution in [2.75, 3.05) is 39.3 Å². The molecule has 3 saturated heterocycles. The summed E-state index contributed by atoms with van der Waals surface area (Å²) in [6.45, 7) is 4.82. The highest BCUT2D eigenvalue weighted by atomic mass is 19.1. The average molecular weight is 657 g/mol. The van der Waals surface area contributed by atoms with Crippen molar-refractivity contribution in [2.24, 2.45) is 10.9 Å². The predicted octanol–water partition coefficient (Wildman–Crippen LogP) is 5.49. The molecule has 0 bridgehead atoms. The Morgan fingerprint density at radius 3 is 2.77 bits per heavy atom. The highest BCUT2D eigenvalue weighted by Crippen LogP contribution is 2.45. The average Bonchev–Trinajstić information content (AvgIpc) is 3.62. The van der Waals surface area contributed by atoms with E-state index in [1.807, 2.05) is 23.1 Å². The maximum absolute atomic E-state index is 17.0. The summed E-state index contributed by atoms with van der Waals surface area (Å²) < 4.78 is 51.9. The number of hydrogen-bond acceptors (Lipinski definition) is 7. The summed E-state index contributed by atoms with van der Waals surface area (Å²) in [5.41, 5.74) is 3.84. The lowest BCUT2D eigenvalue weighted by Crippen LogP contribution is -2.56. The first kappa shape index (κ1) is 32.2. The van der Waals surface area contributed by atoms with Gasteiger partial charge >= 0.3 is 0 Å². The number of hydrogen-bond donors (Lipinski definition) is 0. The molecule has 3 fully saturated rings. The van der Waals surface area contributed by atoms with E-state index in [1.54, 1.807) is 6.08 Å². The van der Waals surface area contributed by atoms with Gasteiger partial charge in [0.2, 0.25) is 5.90 Å². The number of halogens is 3. The highest BCUT2D eigenvalue weighted by Gasteiger charge is 2.50. The van der Waals surface area contributed by atoms with Crippen molar-refractivity contribution in [1.82, 2.24) is 14.7 Å². The van der Waals surface area contributed by atoms with Crippen molar-refractivity contribution in [1.29, 1.82) is 10.5 Å². The predicted molar refractivity (Wildman–Crippen MR) is 174 cm³/mol. The molecule has 0 aromatic heterocycles. The minimum atomic E-state index is -1.11. The van der Waals surface area contributed by atoms with E-state index in [0.29, 0.717) is 24.2 Å². The van der Waals surface area contributed by atoms with Crippen LogP contribution in [0.2, 0.25) is 0 Å². The molecule has 0 radical (unpaired) electrons. The third-order valence-electron chi connectivity index (χ3n) is 11.0. The van der Waals surface area contributed by atoms with E-state index in [2.05, 4.69) is 29.7 Å². The van der Waals surface area contributed by atoms with Gasteiger partial charge in [0.05, 0.1) is 24.1 Å². The number of rotatable bonds is 6. The van der Waals surface area contributed by atoms with Gasteiger partial charge in [-0.15, -0.1) is 0 Å². The number of amides is 1. The van der Waals surface area contributed by atoms with Crippen LogP contribution in [0, 0.1) is 28.6 Å². The van der Waals surface area contributed by atoms with Crippen LogP contribution >= 0.6 is 0 Å². The molecule has 2 unspecified atom stereocenters. The molecule has 48 heavy (non-hydrogen) atoms. The van der Waals surface area contributed by atoms with Crippen molar-refractivity contribution in [3.63, 3.8) is 0 Å². The topological polar surface area (TPSA) is 96.0 Å². The number of piperazine rings is 1. The molecule has 0 spiro atoms. The SMILES string of the molecule is C=C(F)C(=O)N1CCN(C2=C(C#N)C(OC[C@@]34CCCN3C[C@H](F)C4)=NC3C(F)=C(c4cccc5c4CCCC5)C=CC23)C[C@@H]1CC#N. The molecule has 1 amide bonds. The molecule has 5 atom stereocenters. The maximum Gasteiger partial charge on any atom is 0.282 e. The summed E-state index contributed by atoms with van der Waals surface area (Å²) in [4.78, 5) is 22.7. The van der Waals surface area contributed by atoms with Crippen LogP contribution in [0.15, 0.2) is 64.8 Å². The number of ether oxygens (including phenoxy) is 1. The van der Waals surface area contributed by atoms with Gasteiger partial charge in [0.1, 0.15) is 36.3 Å². The fourth-order valence-corrected chi connectivity index (χ4v) is 8.81. The molecule has 1 aromatic carbocycles. The number of carbonyl (C=O) groups is 1. The lowest BCUT2D eigenvalue weighted by atomic mass is 9.79. The minimum Gasteiger partial charge on any atom is -0.475 e. The first-order valence-electron chi connectivity index (χ1n) is 17.0.